The van der Waals surface area contributed by atoms with Crippen molar-refractivity contribution in [2.75, 3.05) is 20.1 Å². The van der Waals surface area contributed by atoms with Crippen molar-refractivity contribution >= 4 is 59.0 Å². The van der Waals surface area contributed by atoms with E-state index >= 15 is 0 Å². The van der Waals surface area contributed by atoms with E-state index in [9.17, 15) is 4.79 Å². The van der Waals surface area contributed by atoms with Gasteiger partial charge in [-0.1, -0.05) is 29.3 Å². The molecule has 1 aromatic heterocycles. The highest BCUT2D eigenvalue weighted by Crippen LogP contribution is 2.20. The van der Waals surface area contributed by atoms with Crippen molar-refractivity contribution in [2.45, 2.75) is 6.54 Å². The maximum Gasteiger partial charge on any atom is 0.252 e. The Morgan fingerprint density at radius 2 is 1.92 bits per heavy atom. The molecule has 6 nitrogen and oxygen atoms in total. The highest BCUT2D eigenvalue weighted by Gasteiger charge is 2.05. The van der Waals surface area contributed by atoms with Gasteiger partial charge in [-0.05, 0) is 29.8 Å². The summed E-state index contributed by atoms with van der Waals surface area (Å²) in [5.74, 6) is 0.451. The summed E-state index contributed by atoms with van der Waals surface area (Å²) in [5, 5.41) is 10.3. The summed E-state index contributed by atoms with van der Waals surface area (Å²) in [6.07, 6.45) is 3.15. The normalized spacial score (nSPS) is 10.7. The lowest BCUT2D eigenvalue weighted by atomic mass is 10.2. The first kappa shape index (κ1) is 22.5. The second-order valence-corrected chi connectivity index (χ2v) is 5.93. The number of guanidine groups is 1. The molecule has 0 saturated heterocycles. The molecule has 1 amide bonds. The first-order valence-electron chi connectivity index (χ1n) is 7.67. The molecule has 1 heterocycles. The Kier molecular flexibility index (Phi) is 10.3. The number of halogens is 3. The minimum Gasteiger partial charge on any atom is -0.355 e. The van der Waals surface area contributed by atoms with Gasteiger partial charge in [-0.25, -0.2) is 0 Å². The molecule has 2 aromatic rings. The molecule has 0 fully saturated rings. The van der Waals surface area contributed by atoms with Gasteiger partial charge in [0.25, 0.3) is 5.91 Å². The molecule has 0 atom stereocenters. The van der Waals surface area contributed by atoms with E-state index in [-0.39, 0.29) is 29.9 Å². The third-order valence-electron chi connectivity index (χ3n) is 3.31. The van der Waals surface area contributed by atoms with Crippen molar-refractivity contribution in [2.24, 2.45) is 4.99 Å². The van der Waals surface area contributed by atoms with E-state index < -0.39 is 0 Å². The third-order valence-corrected chi connectivity index (χ3v) is 3.90. The fraction of sp³-hybridized carbons (Fsp3) is 0.235. The quantitative estimate of drug-likeness (QED) is 0.243. The van der Waals surface area contributed by atoms with Crippen LogP contribution in [-0.2, 0) is 6.54 Å². The predicted octanol–water partition coefficient (Wildman–Crippen LogP) is 3.10. The Hall–Kier alpha value is -1.58. The molecule has 2 rings (SSSR count). The fourth-order valence-electron chi connectivity index (χ4n) is 2.02. The number of nitrogens with zero attached hydrogens (tertiary/aromatic N) is 2. The third kappa shape index (κ3) is 7.35. The first-order valence-corrected chi connectivity index (χ1v) is 8.42. The van der Waals surface area contributed by atoms with Crippen LogP contribution in [0.15, 0.2) is 47.7 Å². The summed E-state index contributed by atoms with van der Waals surface area (Å²) in [5.41, 5.74) is 1.45. The number of aliphatic imine (C=N–C) groups is 1. The van der Waals surface area contributed by atoms with Crippen LogP contribution in [0.4, 0.5) is 0 Å². The number of carbonyl (C=O) groups is 1. The molecular weight excluding hydrogens is 488 g/mol. The number of amides is 1. The van der Waals surface area contributed by atoms with Crippen LogP contribution in [0.25, 0.3) is 0 Å². The van der Waals surface area contributed by atoms with Crippen molar-refractivity contribution < 1.29 is 4.79 Å². The van der Waals surface area contributed by atoms with Crippen LogP contribution in [0.2, 0.25) is 10.0 Å². The van der Waals surface area contributed by atoms with Crippen LogP contribution in [-0.4, -0.2) is 37.0 Å². The van der Waals surface area contributed by atoms with Gasteiger partial charge in [-0.15, -0.1) is 24.0 Å². The molecule has 0 spiro atoms. The maximum absolute atomic E-state index is 11.9. The molecule has 0 aliphatic heterocycles. The molecule has 0 aliphatic rings. The molecule has 3 N–H and O–H groups in total. The lowest BCUT2D eigenvalue weighted by molar-refractivity contribution is 0.0954. The Morgan fingerprint density at radius 1 is 1.15 bits per heavy atom. The van der Waals surface area contributed by atoms with Gasteiger partial charge in [0.05, 0.1) is 5.56 Å². The largest absolute Gasteiger partial charge is 0.355 e. The van der Waals surface area contributed by atoms with Gasteiger partial charge in [0.1, 0.15) is 0 Å². The maximum atomic E-state index is 11.9. The minimum atomic E-state index is -0.161. The molecular formula is C17H20Cl2IN5O. The van der Waals surface area contributed by atoms with E-state index in [4.69, 9.17) is 23.2 Å². The summed E-state index contributed by atoms with van der Waals surface area (Å²) in [4.78, 5) is 19.9. The molecule has 0 aliphatic carbocycles. The number of carbonyl (C=O) groups excluding carboxylic acids is 1. The highest BCUT2D eigenvalue weighted by molar-refractivity contribution is 14.0. The standard InChI is InChI=1S/C17H19Cl2N5O.HI/c1-20-17(24-11-12-4-5-14(18)9-15(12)19)23-8-7-22-16(25)13-3-2-6-21-10-13;/h2-6,9-10H,7-8,11H2,1H3,(H,22,25)(H2,20,23,24);1H. The number of nitrogens with one attached hydrogen (secondary N) is 3. The molecule has 0 bridgehead atoms. The molecule has 9 heteroatoms. The molecule has 0 saturated carbocycles. The van der Waals surface area contributed by atoms with Crippen LogP contribution in [0.1, 0.15) is 15.9 Å². The lowest BCUT2D eigenvalue weighted by Crippen LogP contribution is -2.41. The Labute approximate surface area is 179 Å². The van der Waals surface area contributed by atoms with Crippen molar-refractivity contribution in [3.8, 4) is 0 Å². The average Bonchev–Trinajstić information content (AvgIpc) is 2.63. The summed E-state index contributed by atoms with van der Waals surface area (Å²) in [6.45, 7) is 1.49. The monoisotopic (exact) mass is 507 g/mol. The smallest absolute Gasteiger partial charge is 0.252 e. The summed E-state index contributed by atoms with van der Waals surface area (Å²) in [6, 6.07) is 8.78. The first-order chi connectivity index (χ1) is 12.1. The van der Waals surface area contributed by atoms with Crippen LogP contribution < -0.4 is 16.0 Å². The zero-order valence-electron chi connectivity index (χ0n) is 14.1. The Balaban J connectivity index is 0.00000338. The van der Waals surface area contributed by atoms with Crippen molar-refractivity contribution in [1.82, 2.24) is 20.9 Å². The second kappa shape index (κ2) is 11.9. The van der Waals surface area contributed by atoms with E-state index in [1.807, 2.05) is 6.07 Å². The fourth-order valence-corrected chi connectivity index (χ4v) is 2.50. The van der Waals surface area contributed by atoms with E-state index in [0.717, 1.165) is 5.56 Å². The van der Waals surface area contributed by atoms with Gasteiger partial charge in [0, 0.05) is 49.1 Å². The van der Waals surface area contributed by atoms with Crippen molar-refractivity contribution in [3.05, 3.63) is 63.9 Å². The van der Waals surface area contributed by atoms with Crippen molar-refractivity contribution in [3.63, 3.8) is 0 Å². The van der Waals surface area contributed by atoms with Crippen LogP contribution >= 0.6 is 47.2 Å². The highest BCUT2D eigenvalue weighted by atomic mass is 127. The van der Waals surface area contributed by atoms with Crippen molar-refractivity contribution in [1.29, 1.82) is 0 Å². The number of aromatic nitrogens is 1. The lowest BCUT2D eigenvalue weighted by Gasteiger charge is -2.13. The predicted molar refractivity (Wildman–Crippen MR) is 117 cm³/mol. The Bertz CT molecular complexity index is 743. The molecule has 0 radical (unpaired) electrons. The zero-order chi connectivity index (χ0) is 18.1. The van der Waals surface area contributed by atoms with E-state index in [1.54, 1.807) is 37.5 Å². The van der Waals surface area contributed by atoms with Gasteiger partial charge >= 0.3 is 0 Å². The SMILES string of the molecule is CN=C(NCCNC(=O)c1cccnc1)NCc1ccc(Cl)cc1Cl.I. The summed E-state index contributed by atoms with van der Waals surface area (Å²) >= 11 is 12.0. The summed E-state index contributed by atoms with van der Waals surface area (Å²) in [7, 11) is 1.67. The topological polar surface area (TPSA) is 78.4 Å². The van der Waals surface area contributed by atoms with Crippen LogP contribution in [0, 0.1) is 0 Å². The Morgan fingerprint density at radius 3 is 2.58 bits per heavy atom. The second-order valence-electron chi connectivity index (χ2n) is 5.09. The molecule has 140 valence electrons. The van der Waals surface area contributed by atoms with Gasteiger partial charge < -0.3 is 16.0 Å². The number of benzene rings is 1. The van der Waals surface area contributed by atoms with Gasteiger partial charge in [-0.3, -0.25) is 14.8 Å². The van der Waals surface area contributed by atoms with Crippen LogP contribution in [0.5, 0.6) is 0 Å². The zero-order valence-corrected chi connectivity index (χ0v) is 18.0. The van der Waals surface area contributed by atoms with E-state index in [0.29, 0.717) is 41.2 Å². The van der Waals surface area contributed by atoms with Crippen LogP contribution in [0.3, 0.4) is 0 Å². The average molecular weight is 508 g/mol. The van der Waals surface area contributed by atoms with Gasteiger partial charge in [0.2, 0.25) is 0 Å². The number of hydrogen-bond acceptors (Lipinski definition) is 3. The number of rotatable bonds is 6. The summed E-state index contributed by atoms with van der Waals surface area (Å²) < 4.78 is 0. The van der Waals surface area contributed by atoms with E-state index in [2.05, 4.69) is 25.9 Å². The number of pyridine rings is 1. The molecule has 1 aromatic carbocycles. The van der Waals surface area contributed by atoms with E-state index in [1.165, 1.54) is 6.20 Å². The minimum absolute atomic E-state index is 0. The molecule has 0 unspecified atom stereocenters. The number of hydrogen-bond donors (Lipinski definition) is 3. The van der Waals surface area contributed by atoms with Gasteiger partial charge in [0.15, 0.2) is 5.96 Å². The van der Waals surface area contributed by atoms with Gasteiger partial charge in [-0.2, -0.15) is 0 Å². The molecule has 26 heavy (non-hydrogen) atoms.